The van der Waals surface area contributed by atoms with Gasteiger partial charge in [0, 0.05) is 25.8 Å². The van der Waals surface area contributed by atoms with Gasteiger partial charge in [0.15, 0.2) is 0 Å². The van der Waals surface area contributed by atoms with Crippen molar-refractivity contribution in [1.29, 1.82) is 0 Å². The van der Waals surface area contributed by atoms with E-state index in [4.69, 9.17) is 9.47 Å². The number of hydrogen-bond acceptors (Lipinski definition) is 3. The SMILES string of the molecule is CCC(COC)NC1CCOC(C)(C)C1. The molecule has 0 saturated carbocycles. The Hall–Kier alpha value is -0.120. The Kier molecular flexibility index (Phi) is 5.03. The fourth-order valence-electron chi connectivity index (χ4n) is 2.19. The summed E-state index contributed by atoms with van der Waals surface area (Å²) >= 11 is 0. The number of methoxy groups -OCH3 is 1. The van der Waals surface area contributed by atoms with Crippen molar-refractivity contribution in [3.05, 3.63) is 0 Å². The van der Waals surface area contributed by atoms with Crippen molar-refractivity contribution in [2.75, 3.05) is 20.3 Å². The van der Waals surface area contributed by atoms with Gasteiger partial charge in [-0.1, -0.05) is 6.92 Å². The number of nitrogens with one attached hydrogen (secondary N) is 1. The fraction of sp³-hybridized carbons (Fsp3) is 1.00. The average Bonchev–Trinajstić information content (AvgIpc) is 2.15. The molecule has 1 fully saturated rings. The Morgan fingerprint density at radius 1 is 1.53 bits per heavy atom. The molecule has 1 aliphatic heterocycles. The van der Waals surface area contributed by atoms with E-state index < -0.39 is 0 Å². The molecule has 15 heavy (non-hydrogen) atoms. The van der Waals surface area contributed by atoms with Gasteiger partial charge in [0.25, 0.3) is 0 Å². The standard InChI is InChI=1S/C12H25NO2/c1-5-10(9-14-4)13-11-6-7-15-12(2,3)8-11/h10-11,13H,5-9H2,1-4H3. The predicted molar refractivity (Wildman–Crippen MR) is 62.1 cm³/mol. The van der Waals surface area contributed by atoms with Crippen LogP contribution in [0.5, 0.6) is 0 Å². The minimum absolute atomic E-state index is 0.0290. The minimum atomic E-state index is 0.0290. The molecule has 0 aromatic rings. The second-order valence-corrected chi connectivity index (χ2v) is 5.03. The summed E-state index contributed by atoms with van der Waals surface area (Å²) in [5.41, 5.74) is 0.0290. The molecule has 3 heteroatoms. The second-order valence-electron chi connectivity index (χ2n) is 5.03. The van der Waals surface area contributed by atoms with E-state index >= 15 is 0 Å². The van der Waals surface area contributed by atoms with Crippen LogP contribution in [0.2, 0.25) is 0 Å². The second kappa shape index (κ2) is 5.83. The predicted octanol–water partition coefficient (Wildman–Crippen LogP) is 1.96. The molecule has 0 aromatic heterocycles. The maximum absolute atomic E-state index is 5.70. The lowest BCUT2D eigenvalue weighted by Crippen LogP contribution is -2.48. The lowest BCUT2D eigenvalue weighted by molar-refractivity contribution is -0.0651. The van der Waals surface area contributed by atoms with Crippen LogP contribution in [-0.2, 0) is 9.47 Å². The van der Waals surface area contributed by atoms with Crippen LogP contribution in [-0.4, -0.2) is 38.0 Å². The molecule has 0 spiro atoms. The third kappa shape index (κ3) is 4.49. The van der Waals surface area contributed by atoms with E-state index in [0.29, 0.717) is 12.1 Å². The summed E-state index contributed by atoms with van der Waals surface area (Å²) in [6.07, 6.45) is 3.32. The average molecular weight is 215 g/mol. The molecule has 1 saturated heterocycles. The van der Waals surface area contributed by atoms with Gasteiger partial charge < -0.3 is 14.8 Å². The van der Waals surface area contributed by atoms with Crippen molar-refractivity contribution in [3.63, 3.8) is 0 Å². The summed E-state index contributed by atoms with van der Waals surface area (Å²) < 4.78 is 10.9. The Bertz CT molecular complexity index is 182. The van der Waals surface area contributed by atoms with E-state index in [1.165, 1.54) is 0 Å². The number of rotatable bonds is 5. The van der Waals surface area contributed by atoms with Crippen LogP contribution < -0.4 is 5.32 Å². The van der Waals surface area contributed by atoms with Crippen molar-refractivity contribution in [1.82, 2.24) is 5.32 Å². The summed E-state index contributed by atoms with van der Waals surface area (Å²) in [6, 6.07) is 1.06. The molecule has 1 N–H and O–H groups in total. The van der Waals surface area contributed by atoms with Crippen molar-refractivity contribution in [3.8, 4) is 0 Å². The Labute approximate surface area is 93.5 Å². The van der Waals surface area contributed by atoms with Crippen molar-refractivity contribution in [2.45, 2.75) is 57.7 Å². The lowest BCUT2D eigenvalue weighted by atomic mass is 9.93. The zero-order valence-electron chi connectivity index (χ0n) is 10.5. The monoisotopic (exact) mass is 215 g/mol. The van der Waals surface area contributed by atoms with E-state index in [1.807, 2.05) is 0 Å². The summed E-state index contributed by atoms with van der Waals surface area (Å²) in [7, 11) is 1.76. The molecule has 1 heterocycles. The minimum Gasteiger partial charge on any atom is -0.383 e. The van der Waals surface area contributed by atoms with Crippen LogP contribution in [0.3, 0.4) is 0 Å². The summed E-state index contributed by atoms with van der Waals surface area (Å²) in [5.74, 6) is 0. The van der Waals surface area contributed by atoms with Gasteiger partial charge in [-0.25, -0.2) is 0 Å². The van der Waals surface area contributed by atoms with Gasteiger partial charge in [-0.2, -0.15) is 0 Å². The molecule has 0 radical (unpaired) electrons. The highest BCUT2D eigenvalue weighted by Crippen LogP contribution is 2.24. The first-order chi connectivity index (χ1) is 7.07. The van der Waals surface area contributed by atoms with Gasteiger partial charge in [0.05, 0.1) is 12.2 Å². The maximum Gasteiger partial charge on any atom is 0.0641 e. The highest BCUT2D eigenvalue weighted by atomic mass is 16.5. The van der Waals surface area contributed by atoms with Crippen LogP contribution in [0.15, 0.2) is 0 Å². The van der Waals surface area contributed by atoms with Gasteiger partial charge in [-0.05, 0) is 33.1 Å². The summed E-state index contributed by atoms with van der Waals surface area (Å²) in [6.45, 7) is 8.19. The zero-order valence-corrected chi connectivity index (χ0v) is 10.5. The van der Waals surface area contributed by atoms with Gasteiger partial charge in [-0.15, -0.1) is 0 Å². The Balaban J connectivity index is 2.36. The van der Waals surface area contributed by atoms with E-state index in [1.54, 1.807) is 7.11 Å². The molecular weight excluding hydrogens is 190 g/mol. The zero-order chi connectivity index (χ0) is 11.3. The number of ether oxygens (including phenoxy) is 2. The van der Waals surface area contributed by atoms with Crippen molar-refractivity contribution < 1.29 is 9.47 Å². The topological polar surface area (TPSA) is 30.5 Å². The van der Waals surface area contributed by atoms with E-state index in [0.717, 1.165) is 32.5 Å². The van der Waals surface area contributed by atoms with Crippen molar-refractivity contribution >= 4 is 0 Å². The molecule has 0 amide bonds. The first-order valence-corrected chi connectivity index (χ1v) is 5.96. The van der Waals surface area contributed by atoms with Gasteiger partial charge in [0.1, 0.15) is 0 Å². The fourth-order valence-corrected chi connectivity index (χ4v) is 2.19. The van der Waals surface area contributed by atoms with Gasteiger partial charge >= 0.3 is 0 Å². The molecule has 2 atom stereocenters. The molecule has 0 aliphatic carbocycles. The van der Waals surface area contributed by atoms with Crippen LogP contribution in [0.1, 0.15) is 40.0 Å². The summed E-state index contributed by atoms with van der Waals surface area (Å²) in [4.78, 5) is 0. The molecule has 1 aliphatic rings. The Morgan fingerprint density at radius 3 is 2.80 bits per heavy atom. The maximum atomic E-state index is 5.70. The number of hydrogen-bond donors (Lipinski definition) is 1. The molecular formula is C12H25NO2. The molecule has 3 nitrogen and oxygen atoms in total. The van der Waals surface area contributed by atoms with E-state index in [2.05, 4.69) is 26.1 Å². The van der Waals surface area contributed by atoms with Crippen molar-refractivity contribution in [2.24, 2.45) is 0 Å². The molecule has 1 rings (SSSR count). The van der Waals surface area contributed by atoms with Crippen LogP contribution >= 0.6 is 0 Å². The highest BCUT2D eigenvalue weighted by molar-refractivity contribution is 4.84. The third-order valence-corrected chi connectivity index (χ3v) is 3.03. The Morgan fingerprint density at radius 2 is 2.27 bits per heavy atom. The molecule has 2 unspecified atom stereocenters. The first kappa shape index (κ1) is 12.9. The molecule has 0 aromatic carbocycles. The largest absolute Gasteiger partial charge is 0.383 e. The normalized spacial score (nSPS) is 27.6. The van der Waals surface area contributed by atoms with Gasteiger partial charge in [0.2, 0.25) is 0 Å². The smallest absolute Gasteiger partial charge is 0.0641 e. The lowest BCUT2D eigenvalue weighted by Gasteiger charge is -2.37. The van der Waals surface area contributed by atoms with Crippen LogP contribution in [0.25, 0.3) is 0 Å². The molecule has 0 bridgehead atoms. The third-order valence-electron chi connectivity index (χ3n) is 3.03. The first-order valence-electron chi connectivity index (χ1n) is 5.96. The van der Waals surface area contributed by atoms with E-state index in [9.17, 15) is 0 Å². The van der Waals surface area contributed by atoms with Crippen LogP contribution in [0.4, 0.5) is 0 Å². The van der Waals surface area contributed by atoms with Crippen LogP contribution in [0, 0.1) is 0 Å². The summed E-state index contributed by atoms with van der Waals surface area (Å²) in [5, 5.41) is 3.66. The van der Waals surface area contributed by atoms with E-state index in [-0.39, 0.29) is 5.60 Å². The molecule has 90 valence electrons. The van der Waals surface area contributed by atoms with Gasteiger partial charge in [-0.3, -0.25) is 0 Å². The highest BCUT2D eigenvalue weighted by Gasteiger charge is 2.29. The quantitative estimate of drug-likeness (QED) is 0.760.